The minimum absolute atomic E-state index is 0.0555. The number of carbonyl (C=O) groups is 1. The number of rotatable bonds is 7. The van der Waals surface area contributed by atoms with Crippen molar-refractivity contribution < 1.29 is 19.4 Å². The molecule has 0 bridgehead atoms. The van der Waals surface area contributed by atoms with Gasteiger partial charge in [0.2, 0.25) is 0 Å². The molecule has 1 aromatic rings. The van der Waals surface area contributed by atoms with Gasteiger partial charge in [0, 0.05) is 6.54 Å². The Hall–Kier alpha value is -1.95. The summed E-state index contributed by atoms with van der Waals surface area (Å²) in [5, 5.41) is 14.3. The number of methoxy groups -OCH3 is 1. The predicted octanol–water partition coefficient (Wildman–Crippen LogP) is 1.45. The van der Waals surface area contributed by atoms with E-state index in [1.807, 2.05) is 26.0 Å². The normalized spacial score (nSPS) is 11.6. The summed E-state index contributed by atoms with van der Waals surface area (Å²) >= 11 is 0. The lowest BCUT2D eigenvalue weighted by Crippen LogP contribution is -2.36. The highest BCUT2D eigenvalue weighted by Crippen LogP contribution is 2.30. The maximum Gasteiger partial charge on any atom is 0.315 e. The molecule has 0 aromatic heterocycles. The van der Waals surface area contributed by atoms with Crippen LogP contribution in [0, 0.1) is 0 Å². The van der Waals surface area contributed by atoms with E-state index in [4.69, 9.17) is 14.6 Å². The van der Waals surface area contributed by atoms with Crippen LogP contribution >= 0.6 is 0 Å². The number of hydrogen-bond acceptors (Lipinski definition) is 4. The monoisotopic (exact) mass is 282 g/mol. The van der Waals surface area contributed by atoms with Gasteiger partial charge in [0.15, 0.2) is 11.5 Å². The number of benzene rings is 1. The van der Waals surface area contributed by atoms with E-state index in [0.29, 0.717) is 18.0 Å². The van der Waals surface area contributed by atoms with Crippen LogP contribution in [0.3, 0.4) is 0 Å². The van der Waals surface area contributed by atoms with Gasteiger partial charge < -0.3 is 25.2 Å². The highest BCUT2D eigenvalue weighted by atomic mass is 16.5. The van der Waals surface area contributed by atoms with E-state index >= 15 is 0 Å². The number of carbonyl (C=O) groups excluding carboxylic acids is 1. The Morgan fingerprint density at radius 1 is 1.40 bits per heavy atom. The second kappa shape index (κ2) is 8.27. The quantitative estimate of drug-likeness (QED) is 0.707. The number of ether oxygens (including phenoxy) is 2. The number of urea groups is 1. The first-order valence-electron chi connectivity index (χ1n) is 6.58. The Morgan fingerprint density at radius 2 is 2.15 bits per heavy atom. The minimum atomic E-state index is -0.209. The molecule has 0 spiro atoms. The fourth-order valence-corrected chi connectivity index (χ4v) is 1.72. The summed E-state index contributed by atoms with van der Waals surface area (Å²) in [6.07, 6.45) is 0. The Kier molecular flexibility index (Phi) is 6.66. The van der Waals surface area contributed by atoms with Crippen molar-refractivity contribution in [1.82, 2.24) is 10.6 Å². The summed E-state index contributed by atoms with van der Waals surface area (Å²) in [5.41, 5.74) is 0.907. The molecule has 6 nitrogen and oxygen atoms in total. The SMILES string of the molecule is CCNC(=O)N[C@H](C)c1ccc(OCCO)c(OC)c1. The maximum atomic E-state index is 11.5. The molecule has 0 fully saturated rings. The smallest absolute Gasteiger partial charge is 0.315 e. The second-order valence-corrected chi connectivity index (χ2v) is 4.21. The van der Waals surface area contributed by atoms with Gasteiger partial charge in [0.1, 0.15) is 6.61 Å². The summed E-state index contributed by atoms with van der Waals surface area (Å²) in [5.74, 6) is 1.14. The summed E-state index contributed by atoms with van der Waals surface area (Å²) in [4.78, 5) is 11.5. The molecule has 0 aliphatic carbocycles. The van der Waals surface area contributed by atoms with Crippen LogP contribution in [-0.2, 0) is 0 Å². The van der Waals surface area contributed by atoms with E-state index in [2.05, 4.69) is 10.6 Å². The first-order chi connectivity index (χ1) is 9.62. The van der Waals surface area contributed by atoms with E-state index in [0.717, 1.165) is 5.56 Å². The summed E-state index contributed by atoms with van der Waals surface area (Å²) < 4.78 is 10.6. The van der Waals surface area contributed by atoms with Gasteiger partial charge in [-0.2, -0.15) is 0 Å². The van der Waals surface area contributed by atoms with E-state index in [1.165, 1.54) is 0 Å². The molecule has 0 heterocycles. The molecule has 112 valence electrons. The molecular weight excluding hydrogens is 260 g/mol. The molecule has 0 aliphatic rings. The van der Waals surface area contributed by atoms with Crippen molar-refractivity contribution in [2.45, 2.75) is 19.9 Å². The second-order valence-electron chi connectivity index (χ2n) is 4.21. The third-order valence-electron chi connectivity index (χ3n) is 2.72. The lowest BCUT2D eigenvalue weighted by molar-refractivity contribution is 0.196. The van der Waals surface area contributed by atoms with Crippen LogP contribution in [0.1, 0.15) is 25.5 Å². The molecule has 1 atom stereocenters. The van der Waals surface area contributed by atoms with Crippen molar-refractivity contribution in [3.8, 4) is 11.5 Å². The molecule has 1 rings (SSSR count). The Morgan fingerprint density at radius 3 is 2.75 bits per heavy atom. The van der Waals surface area contributed by atoms with Gasteiger partial charge in [0.05, 0.1) is 19.8 Å². The van der Waals surface area contributed by atoms with Crippen LogP contribution < -0.4 is 20.1 Å². The third-order valence-corrected chi connectivity index (χ3v) is 2.72. The lowest BCUT2D eigenvalue weighted by atomic mass is 10.1. The molecule has 20 heavy (non-hydrogen) atoms. The van der Waals surface area contributed by atoms with Crippen LogP contribution in [-0.4, -0.2) is 38.0 Å². The van der Waals surface area contributed by atoms with Gasteiger partial charge in [-0.1, -0.05) is 6.07 Å². The number of aliphatic hydroxyl groups is 1. The fraction of sp³-hybridized carbons (Fsp3) is 0.500. The van der Waals surface area contributed by atoms with E-state index in [-0.39, 0.29) is 25.3 Å². The van der Waals surface area contributed by atoms with Gasteiger partial charge in [-0.15, -0.1) is 0 Å². The van der Waals surface area contributed by atoms with Crippen molar-refractivity contribution in [1.29, 1.82) is 0 Å². The average Bonchev–Trinajstić information content (AvgIpc) is 2.45. The number of hydrogen-bond donors (Lipinski definition) is 3. The van der Waals surface area contributed by atoms with Gasteiger partial charge in [-0.25, -0.2) is 4.79 Å². The zero-order valence-electron chi connectivity index (χ0n) is 12.1. The molecule has 0 saturated carbocycles. The molecule has 6 heteroatoms. The maximum absolute atomic E-state index is 11.5. The van der Waals surface area contributed by atoms with Gasteiger partial charge in [-0.05, 0) is 31.5 Å². The van der Waals surface area contributed by atoms with E-state index in [9.17, 15) is 4.79 Å². The first-order valence-corrected chi connectivity index (χ1v) is 6.58. The largest absolute Gasteiger partial charge is 0.493 e. The Bertz CT molecular complexity index is 437. The van der Waals surface area contributed by atoms with Crippen LogP contribution in [0.2, 0.25) is 0 Å². The molecule has 0 radical (unpaired) electrons. The highest BCUT2D eigenvalue weighted by molar-refractivity contribution is 5.74. The zero-order valence-corrected chi connectivity index (χ0v) is 12.1. The van der Waals surface area contributed by atoms with Crippen LogP contribution in [0.15, 0.2) is 18.2 Å². The highest BCUT2D eigenvalue weighted by Gasteiger charge is 2.12. The van der Waals surface area contributed by atoms with Crippen LogP contribution in [0.25, 0.3) is 0 Å². The standard InChI is InChI=1S/C14H22N2O4/c1-4-15-14(18)16-10(2)11-5-6-12(20-8-7-17)13(9-11)19-3/h5-6,9-10,17H,4,7-8H2,1-3H3,(H2,15,16,18)/t10-/m1/s1. The fourth-order valence-electron chi connectivity index (χ4n) is 1.72. The topological polar surface area (TPSA) is 79.8 Å². The summed E-state index contributed by atoms with van der Waals surface area (Å²) in [6.45, 7) is 4.48. The molecular formula is C14H22N2O4. The van der Waals surface area contributed by atoms with Gasteiger partial charge in [0.25, 0.3) is 0 Å². The van der Waals surface area contributed by atoms with Crippen molar-refractivity contribution in [2.75, 3.05) is 26.9 Å². The molecule has 0 aliphatic heterocycles. The van der Waals surface area contributed by atoms with Gasteiger partial charge >= 0.3 is 6.03 Å². The molecule has 0 saturated heterocycles. The predicted molar refractivity (Wildman–Crippen MR) is 76.2 cm³/mol. The number of nitrogens with one attached hydrogen (secondary N) is 2. The zero-order chi connectivity index (χ0) is 15.0. The van der Waals surface area contributed by atoms with Crippen molar-refractivity contribution in [2.24, 2.45) is 0 Å². The molecule has 3 N–H and O–H groups in total. The van der Waals surface area contributed by atoms with Crippen LogP contribution in [0.5, 0.6) is 11.5 Å². The third kappa shape index (κ3) is 4.62. The Labute approximate surface area is 119 Å². The van der Waals surface area contributed by atoms with Crippen molar-refractivity contribution in [3.05, 3.63) is 23.8 Å². The van der Waals surface area contributed by atoms with Gasteiger partial charge in [-0.3, -0.25) is 0 Å². The summed E-state index contributed by atoms with van der Waals surface area (Å²) in [6, 6.07) is 5.07. The van der Waals surface area contributed by atoms with E-state index < -0.39 is 0 Å². The average molecular weight is 282 g/mol. The molecule has 0 unspecified atom stereocenters. The molecule has 2 amide bonds. The first kappa shape index (κ1) is 16.1. The summed E-state index contributed by atoms with van der Waals surface area (Å²) in [7, 11) is 1.55. The van der Waals surface area contributed by atoms with Crippen LogP contribution in [0.4, 0.5) is 4.79 Å². The minimum Gasteiger partial charge on any atom is -0.493 e. The molecule has 1 aromatic carbocycles. The van der Waals surface area contributed by atoms with E-state index in [1.54, 1.807) is 13.2 Å². The Balaban J connectivity index is 2.78. The number of aliphatic hydroxyl groups excluding tert-OH is 1. The van der Waals surface area contributed by atoms with Crippen molar-refractivity contribution in [3.63, 3.8) is 0 Å². The number of amides is 2. The lowest BCUT2D eigenvalue weighted by Gasteiger charge is -2.17. The van der Waals surface area contributed by atoms with Crippen molar-refractivity contribution >= 4 is 6.03 Å².